The van der Waals surface area contributed by atoms with Crippen LogP contribution in [0.25, 0.3) is 0 Å². The summed E-state index contributed by atoms with van der Waals surface area (Å²) in [6, 6.07) is 4.02. The van der Waals surface area contributed by atoms with E-state index in [2.05, 4.69) is 17.2 Å². The van der Waals surface area contributed by atoms with Gasteiger partial charge in [0.25, 0.3) is 0 Å². The molecule has 0 spiro atoms. The number of likely N-dealkylation sites (tertiary alicyclic amines) is 1. The summed E-state index contributed by atoms with van der Waals surface area (Å²) in [6.07, 6.45) is 4.84. The van der Waals surface area contributed by atoms with Crippen LogP contribution in [0.2, 0.25) is 0 Å². The van der Waals surface area contributed by atoms with Gasteiger partial charge in [-0.2, -0.15) is 0 Å². The van der Waals surface area contributed by atoms with Gasteiger partial charge >= 0.3 is 0 Å². The standard InChI is InChI=1S/C15H23N3O/c1-3-5-12-9-15(19)18(10-12)11-13-6-7-17-14(8-13)16-4-2/h6-8,12H,3-5,9-11H2,1-2H3,(H,16,17). The van der Waals surface area contributed by atoms with E-state index in [4.69, 9.17) is 0 Å². The quantitative estimate of drug-likeness (QED) is 0.856. The Bertz CT molecular complexity index is 433. The van der Waals surface area contributed by atoms with Gasteiger partial charge in [-0.05, 0) is 37.0 Å². The summed E-state index contributed by atoms with van der Waals surface area (Å²) < 4.78 is 0. The molecular formula is C15H23N3O. The van der Waals surface area contributed by atoms with Crippen LogP contribution in [0.1, 0.15) is 38.7 Å². The second kappa shape index (κ2) is 6.55. The molecule has 1 fully saturated rings. The average molecular weight is 261 g/mol. The number of rotatable bonds is 6. The fraction of sp³-hybridized carbons (Fsp3) is 0.600. The van der Waals surface area contributed by atoms with Crippen LogP contribution < -0.4 is 5.32 Å². The van der Waals surface area contributed by atoms with E-state index in [9.17, 15) is 4.79 Å². The zero-order chi connectivity index (χ0) is 13.7. The molecule has 2 heterocycles. The van der Waals surface area contributed by atoms with Crippen LogP contribution in [-0.2, 0) is 11.3 Å². The predicted octanol–water partition coefficient (Wildman–Crippen LogP) is 2.66. The van der Waals surface area contributed by atoms with E-state index in [1.54, 1.807) is 6.20 Å². The molecule has 4 heteroatoms. The van der Waals surface area contributed by atoms with E-state index in [-0.39, 0.29) is 0 Å². The van der Waals surface area contributed by atoms with Gasteiger partial charge in [0.05, 0.1) is 0 Å². The summed E-state index contributed by atoms with van der Waals surface area (Å²) in [5.41, 5.74) is 1.15. The fourth-order valence-corrected chi connectivity index (χ4v) is 2.68. The van der Waals surface area contributed by atoms with E-state index in [0.29, 0.717) is 18.4 Å². The lowest BCUT2D eigenvalue weighted by molar-refractivity contribution is -0.128. The van der Waals surface area contributed by atoms with Gasteiger partial charge < -0.3 is 10.2 Å². The monoisotopic (exact) mass is 261 g/mol. The van der Waals surface area contributed by atoms with E-state index in [0.717, 1.165) is 43.7 Å². The molecule has 1 aliphatic rings. The van der Waals surface area contributed by atoms with Crippen LogP contribution in [-0.4, -0.2) is 28.9 Å². The van der Waals surface area contributed by atoms with Crippen molar-refractivity contribution in [2.75, 3.05) is 18.4 Å². The average Bonchev–Trinajstić information content (AvgIpc) is 2.71. The number of anilines is 1. The zero-order valence-electron chi connectivity index (χ0n) is 11.9. The molecule has 104 valence electrons. The molecule has 1 aromatic heterocycles. The van der Waals surface area contributed by atoms with Gasteiger partial charge in [-0.3, -0.25) is 4.79 Å². The Hall–Kier alpha value is -1.58. The van der Waals surface area contributed by atoms with Crippen LogP contribution in [0.5, 0.6) is 0 Å². The largest absolute Gasteiger partial charge is 0.370 e. The minimum Gasteiger partial charge on any atom is -0.370 e. The topological polar surface area (TPSA) is 45.2 Å². The lowest BCUT2D eigenvalue weighted by Gasteiger charge is -2.17. The molecule has 1 unspecified atom stereocenters. The van der Waals surface area contributed by atoms with Gasteiger partial charge in [0.15, 0.2) is 0 Å². The number of hydrogen-bond acceptors (Lipinski definition) is 3. The van der Waals surface area contributed by atoms with Crippen molar-refractivity contribution in [2.24, 2.45) is 5.92 Å². The normalized spacial score (nSPS) is 18.9. The Kier molecular flexibility index (Phi) is 4.77. The van der Waals surface area contributed by atoms with Gasteiger partial charge in [0.2, 0.25) is 5.91 Å². The van der Waals surface area contributed by atoms with Crippen molar-refractivity contribution >= 4 is 11.7 Å². The highest BCUT2D eigenvalue weighted by molar-refractivity contribution is 5.78. The van der Waals surface area contributed by atoms with Crippen molar-refractivity contribution in [1.82, 2.24) is 9.88 Å². The highest BCUT2D eigenvalue weighted by Crippen LogP contribution is 2.24. The lowest BCUT2D eigenvalue weighted by atomic mass is 10.0. The maximum atomic E-state index is 12.0. The highest BCUT2D eigenvalue weighted by Gasteiger charge is 2.28. The molecule has 1 saturated heterocycles. The van der Waals surface area contributed by atoms with Crippen LogP contribution in [0.15, 0.2) is 18.3 Å². The molecule has 1 N–H and O–H groups in total. The zero-order valence-corrected chi connectivity index (χ0v) is 11.9. The maximum absolute atomic E-state index is 12.0. The molecular weight excluding hydrogens is 238 g/mol. The molecule has 4 nitrogen and oxygen atoms in total. The van der Waals surface area contributed by atoms with Crippen molar-refractivity contribution in [1.29, 1.82) is 0 Å². The third-order valence-corrected chi connectivity index (χ3v) is 3.55. The van der Waals surface area contributed by atoms with E-state index in [1.165, 1.54) is 0 Å². The summed E-state index contributed by atoms with van der Waals surface area (Å²) in [5.74, 6) is 1.73. The van der Waals surface area contributed by atoms with E-state index in [1.807, 2.05) is 24.0 Å². The van der Waals surface area contributed by atoms with Crippen molar-refractivity contribution in [2.45, 2.75) is 39.7 Å². The smallest absolute Gasteiger partial charge is 0.223 e. The molecule has 0 radical (unpaired) electrons. The number of nitrogens with zero attached hydrogens (tertiary/aromatic N) is 2. The third-order valence-electron chi connectivity index (χ3n) is 3.55. The van der Waals surface area contributed by atoms with Crippen LogP contribution in [0, 0.1) is 5.92 Å². The van der Waals surface area contributed by atoms with Crippen LogP contribution in [0.3, 0.4) is 0 Å². The first-order valence-corrected chi connectivity index (χ1v) is 7.19. The minimum absolute atomic E-state index is 0.292. The number of carbonyl (C=O) groups excluding carboxylic acids is 1. The fourth-order valence-electron chi connectivity index (χ4n) is 2.68. The molecule has 0 bridgehead atoms. The van der Waals surface area contributed by atoms with E-state index >= 15 is 0 Å². The number of carbonyl (C=O) groups is 1. The van der Waals surface area contributed by atoms with Gasteiger partial charge in [-0.15, -0.1) is 0 Å². The molecule has 0 aromatic carbocycles. The molecule has 1 aliphatic heterocycles. The highest BCUT2D eigenvalue weighted by atomic mass is 16.2. The van der Waals surface area contributed by atoms with Crippen LogP contribution in [0.4, 0.5) is 5.82 Å². The molecule has 2 rings (SSSR count). The molecule has 1 aromatic rings. The van der Waals surface area contributed by atoms with Gasteiger partial charge in [0.1, 0.15) is 5.82 Å². The minimum atomic E-state index is 0.292. The Balaban J connectivity index is 1.97. The SMILES string of the molecule is CCCC1CC(=O)N(Cc2ccnc(NCC)c2)C1. The molecule has 0 aliphatic carbocycles. The van der Waals surface area contributed by atoms with Gasteiger partial charge in [-0.25, -0.2) is 4.98 Å². The summed E-state index contributed by atoms with van der Waals surface area (Å²) in [7, 11) is 0. The number of amides is 1. The third kappa shape index (κ3) is 3.69. The maximum Gasteiger partial charge on any atom is 0.223 e. The van der Waals surface area contributed by atoms with Crippen molar-refractivity contribution in [3.05, 3.63) is 23.9 Å². The van der Waals surface area contributed by atoms with Gasteiger partial charge in [0, 0.05) is 32.3 Å². The number of hydrogen-bond donors (Lipinski definition) is 1. The second-order valence-corrected chi connectivity index (χ2v) is 5.21. The first kappa shape index (κ1) is 13.8. The summed E-state index contributed by atoms with van der Waals surface area (Å²) in [4.78, 5) is 18.2. The first-order valence-electron chi connectivity index (χ1n) is 7.19. The van der Waals surface area contributed by atoms with Crippen molar-refractivity contribution in [3.63, 3.8) is 0 Å². The van der Waals surface area contributed by atoms with Crippen LogP contribution >= 0.6 is 0 Å². The summed E-state index contributed by atoms with van der Waals surface area (Å²) >= 11 is 0. The van der Waals surface area contributed by atoms with E-state index < -0.39 is 0 Å². The van der Waals surface area contributed by atoms with Crippen molar-refractivity contribution in [3.8, 4) is 0 Å². The number of pyridine rings is 1. The van der Waals surface area contributed by atoms with Crippen molar-refractivity contribution < 1.29 is 4.79 Å². The predicted molar refractivity (Wildman–Crippen MR) is 76.8 cm³/mol. The summed E-state index contributed by atoms with van der Waals surface area (Å²) in [6.45, 7) is 6.70. The Morgan fingerprint density at radius 1 is 1.47 bits per heavy atom. The molecule has 19 heavy (non-hydrogen) atoms. The Labute approximate surface area is 115 Å². The lowest BCUT2D eigenvalue weighted by Crippen LogP contribution is -2.24. The molecule has 1 atom stereocenters. The molecule has 1 amide bonds. The first-order chi connectivity index (χ1) is 9.22. The molecule has 0 saturated carbocycles. The second-order valence-electron chi connectivity index (χ2n) is 5.21. The number of nitrogens with one attached hydrogen (secondary N) is 1. The summed E-state index contributed by atoms with van der Waals surface area (Å²) in [5, 5.41) is 3.20. The van der Waals surface area contributed by atoms with Gasteiger partial charge in [-0.1, -0.05) is 13.3 Å². The number of aromatic nitrogens is 1. The Morgan fingerprint density at radius 3 is 3.05 bits per heavy atom. The Morgan fingerprint density at radius 2 is 2.32 bits per heavy atom.